The maximum atomic E-state index is 13.4. The molecule has 3 aromatic carbocycles. The Bertz CT molecular complexity index is 1500. The molecule has 0 saturated carbocycles. The van der Waals surface area contributed by atoms with Gasteiger partial charge in [-0.1, -0.05) is 77.8 Å². The van der Waals surface area contributed by atoms with Crippen LogP contribution in [0.25, 0.3) is 0 Å². The molecule has 2 aliphatic rings. The number of hydrogen-bond acceptors (Lipinski definition) is 4. The fourth-order valence-corrected chi connectivity index (χ4v) is 6.89. The van der Waals surface area contributed by atoms with Crippen molar-refractivity contribution in [3.63, 3.8) is 0 Å². The lowest BCUT2D eigenvalue weighted by Crippen LogP contribution is -2.57. The molecule has 2 saturated heterocycles. The van der Waals surface area contributed by atoms with Crippen LogP contribution in [0.2, 0.25) is 10.0 Å². The van der Waals surface area contributed by atoms with Gasteiger partial charge in [-0.3, -0.25) is 9.59 Å². The van der Waals surface area contributed by atoms with Crippen LogP contribution in [0.5, 0.6) is 0 Å². The molecular weight excluding hydrogens is 621 g/mol. The number of piperidine rings is 1. The number of carbonyl (C=O) groups is 3. The van der Waals surface area contributed by atoms with Crippen LogP contribution in [0.4, 0.5) is 4.79 Å². The summed E-state index contributed by atoms with van der Waals surface area (Å²) in [6.07, 6.45) is 4.25. The molecule has 2 heterocycles. The summed E-state index contributed by atoms with van der Waals surface area (Å²) in [5.74, 6) is -0.0869. The van der Waals surface area contributed by atoms with Gasteiger partial charge in [0.15, 0.2) is 0 Å². The fourth-order valence-electron chi connectivity index (χ4n) is 6.58. The number of urea groups is 1. The van der Waals surface area contributed by atoms with E-state index in [1.54, 1.807) is 11.9 Å². The average molecular weight is 665 g/mol. The van der Waals surface area contributed by atoms with Crippen molar-refractivity contribution in [2.75, 3.05) is 46.3 Å². The number of hydrogen-bond donors (Lipinski definition) is 2. The Morgan fingerprint density at radius 3 is 2.39 bits per heavy atom. The normalized spacial score (nSPS) is 16.7. The zero-order valence-corrected chi connectivity index (χ0v) is 27.9. The minimum absolute atomic E-state index is 0.0333. The molecule has 0 aliphatic carbocycles. The molecule has 3 aromatic rings. The van der Waals surface area contributed by atoms with E-state index in [0.717, 1.165) is 68.6 Å². The molecule has 4 amide bonds. The molecule has 46 heavy (non-hydrogen) atoms. The predicted molar refractivity (Wildman–Crippen MR) is 183 cm³/mol. The van der Waals surface area contributed by atoms with Crippen LogP contribution in [-0.4, -0.2) is 84.9 Å². The van der Waals surface area contributed by atoms with E-state index in [0.29, 0.717) is 35.1 Å². The van der Waals surface area contributed by atoms with Gasteiger partial charge < -0.3 is 25.3 Å². The quantitative estimate of drug-likeness (QED) is 0.250. The Hall–Kier alpha value is -3.59. The molecule has 1 unspecified atom stereocenters. The van der Waals surface area contributed by atoms with Crippen LogP contribution >= 0.6 is 23.2 Å². The van der Waals surface area contributed by atoms with E-state index in [1.165, 1.54) is 0 Å². The van der Waals surface area contributed by atoms with Crippen LogP contribution in [0.1, 0.15) is 58.6 Å². The summed E-state index contributed by atoms with van der Waals surface area (Å²) in [5.41, 5.74) is 3.82. The number of likely N-dealkylation sites (tertiary alicyclic amines) is 1. The summed E-state index contributed by atoms with van der Waals surface area (Å²) in [6.45, 7) is 4.56. The third-order valence-electron chi connectivity index (χ3n) is 9.17. The molecule has 2 fully saturated rings. The molecule has 10 heteroatoms. The van der Waals surface area contributed by atoms with Crippen molar-refractivity contribution in [3.8, 4) is 0 Å². The second-order valence-electron chi connectivity index (χ2n) is 12.2. The average Bonchev–Trinajstić information content (AvgIpc) is 3.08. The lowest BCUT2D eigenvalue weighted by atomic mass is 9.87. The number of nitrogens with zero attached hydrogens (tertiary/aromatic N) is 3. The molecule has 8 nitrogen and oxygen atoms in total. The van der Waals surface area contributed by atoms with Crippen molar-refractivity contribution >= 4 is 41.0 Å². The van der Waals surface area contributed by atoms with Crippen molar-refractivity contribution in [1.82, 2.24) is 25.3 Å². The standard InChI is InChI=1S/C36H43Cl2N5O3/c1-39-35(45)31-11-6-5-10-29(31)22-28(27-12-13-32(37)33(38)23-27)14-19-41-20-15-30(16-21-41)43-18-7-17-42(36(43)46)25-34(44)40-24-26-8-3-2-4-9-26/h2-6,8-13,23,28,30H,7,14-22,24-25H2,1H3,(H,39,45)(H,40,44). The first-order valence-electron chi connectivity index (χ1n) is 16.2. The highest BCUT2D eigenvalue weighted by atomic mass is 35.5. The predicted octanol–water partition coefficient (Wildman–Crippen LogP) is 5.98. The van der Waals surface area contributed by atoms with E-state index < -0.39 is 0 Å². The van der Waals surface area contributed by atoms with Gasteiger partial charge in [0.1, 0.15) is 6.54 Å². The van der Waals surface area contributed by atoms with E-state index in [-0.39, 0.29) is 36.3 Å². The minimum atomic E-state index is -0.136. The number of nitrogens with one attached hydrogen (secondary N) is 2. The van der Waals surface area contributed by atoms with Crippen molar-refractivity contribution in [2.24, 2.45) is 0 Å². The molecule has 2 aliphatic heterocycles. The highest BCUT2D eigenvalue weighted by Gasteiger charge is 2.34. The van der Waals surface area contributed by atoms with Crippen LogP contribution in [0.3, 0.4) is 0 Å². The van der Waals surface area contributed by atoms with Crippen molar-refractivity contribution in [3.05, 3.63) is 105 Å². The molecule has 0 radical (unpaired) electrons. The highest BCUT2D eigenvalue weighted by Crippen LogP contribution is 2.32. The Balaban J connectivity index is 1.15. The number of rotatable bonds is 12. The Morgan fingerprint density at radius 1 is 0.913 bits per heavy atom. The smallest absolute Gasteiger partial charge is 0.320 e. The summed E-state index contributed by atoms with van der Waals surface area (Å²) < 4.78 is 0. The number of benzene rings is 3. The van der Waals surface area contributed by atoms with Gasteiger partial charge in [-0.15, -0.1) is 0 Å². The summed E-state index contributed by atoms with van der Waals surface area (Å²) in [6, 6.07) is 23.5. The van der Waals surface area contributed by atoms with Gasteiger partial charge in [0.25, 0.3) is 5.91 Å². The maximum absolute atomic E-state index is 13.4. The summed E-state index contributed by atoms with van der Waals surface area (Å²) in [5, 5.41) is 6.75. The number of carbonyl (C=O) groups excluding carboxylic acids is 3. The van der Waals surface area contributed by atoms with Gasteiger partial charge in [-0.05, 0) is 79.5 Å². The van der Waals surface area contributed by atoms with E-state index >= 15 is 0 Å². The van der Waals surface area contributed by atoms with Gasteiger partial charge in [-0.25, -0.2) is 4.79 Å². The monoisotopic (exact) mass is 663 g/mol. The first-order valence-corrected chi connectivity index (χ1v) is 16.9. The summed E-state index contributed by atoms with van der Waals surface area (Å²) in [7, 11) is 1.65. The molecule has 244 valence electrons. The molecule has 5 rings (SSSR count). The van der Waals surface area contributed by atoms with E-state index in [4.69, 9.17) is 23.2 Å². The van der Waals surface area contributed by atoms with Crippen LogP contribution in [0, 0.1) is 0 Å². The lowest BCUT2D eigenvalue weighted by molar-refractivity contribution is -0.122. The molecule has 1 atom stereocenters. The van der Waals surface area contributed by atoms with Crippen LogP contribution in [0.15, 0.2) is 72.8 Å². The van der Waals surface area contributed by atoms with E-state index in [1.807, 2.05) is 77.7 Å². The fraction of sp³-hybridized carbons (Fsp3) is 0.417. The van der Waals surface area contributed by atoms with Crippen LogP contribution in [-0.2, 0) is 17.8 Å². The zero-order valence-electron chi connectivity index (χ0n) is 26.4. The number of halogens is 2. The van der Waals surface area contributed by atoms with Gasteiger partial charge in [0.05, 0.1) is 10.0 Å². The Labute approximate surface area is 282 Å². The third kappa shape index (κ3) is 8.81. The maximum Gasteiger partial charge on any atom is 0.320 e. The molecule has 2 N–H and O–H groups in total. The van der Waals surface area contributed by atoms with Gasteiger partial charge in [-0.2, -0.15) is 0 Å². The summed E-state index contributed by atoms with van der Waals surface area (Å²) in [4.78, 5) is 44.8. The minimum Gasteiger partial charge on any atom is -0.355 e. The van der Waals surface area contributed by atoms with Gasteiger partial charge >= 0.3 is 6.03 Å². The lowest BCUT2D eigenvalue weighted by Gasteiger charge is -2.43. The summed E-state index contributed by atoms with van der Waals surface area (Å²) >= 11 is 12.7. The first kappa shape index (κ1) is 33.8. The SMILES string of the molecule is CNC(=O)c1ccccc1CC(CCN1CCC(N2CCCN(CC(=O)NCc3ccccc3)C2=O)CC1)c1ccc(Cl)c(Cl)c1. The number of amides is 4. The second kappa shape index (κ2) is 16.3. The molecule has 0 spiro atoms. The van der Waals surface area contributed by atoms with Gasteiger partial charge in [0.2, 0.25) is 5.91 Å². The molecule has 0 bridgehead atoms. The first-order chi connectivity index (χ1) is 22.3. The Morgan fingerprint density at radius 2 is 1.65 bits per heavy atom. The Kier molecular flexibility index (Phi) is 12.0. The van der Waals surface area contributed by atoms with Crippen molar-refractivity contribution in [1.29, 1.82) is 0 Å². The van der Waals surface area contributed by atoms with Crippen LogP contribution < -0.4 is 10.6 Å². The van der Waals surface area contributed by atoms with Crippen molar-refractivity contribution < 1.29 is 14.4 Å². The van der Waals surface area contributed by atoms with Crippen molar-refractivity contribution in [2.45, 2.75) is 50.6 Å². The second-order valence-corrected chi connectivity index (χ2v) is 13.0. The molecular formula is C36H43Cl2N5O3. The zero-order chi connectivity index (χ0) is 32.5. The third-order valence-corrected chi connectivity index (χ3v) is 9.91. The molecule has 0 aromatic heterocycles. The largest absolute Gasteiger partial charge is 0.355 e. The van der Waals surface area contributed by atoms with Gasteiger partial charge in [0, 0.05) is 51.4 Å². The topological polar surface area (TPSA) is 85.0 Å². The highest BCUT2D eigenvalue weighted by molar-refractivity contribution is 6.42. The van der Waals surface area contributed by atoms with E-state index in [9.17, 15) is 14.4 Å². The van der Waals surface area contributed by atoms with E-state index in [2.05, 4.69) is 15.5 Å².